The van der Waals surface area contributed by atoms with Gasteiger partial charge >= 0.3 is 0 Å². The number of halogens is 2. The van der Waals surface area contributed by atoms with Gasteiger partial charge < -0.3 is 10.8 Å². The smallest absolute Gasteiger partial charge is 0.263 e. The molecule has 3 nitrogen and oxygen atoms in total. The van der Waals surface area contributed by atoms with Crippen molar-refractivity contribution in [2.24, 2.45) is 0 Å². The van der Waals surface area contributed by atoms with Gasteiger partial charge in [0.15, 0.2) is 0 Å². The number of nitrogen functional groups attached to an aromatic ring is 1. The van der Waals surface area contributed by atoms with Gasteiger partial charge in [-0.2, -0.15) is 0 Å². The molecule has 0 aliphatic heterocycles. The Morgan fingerprint density at radius 3 is 2.22 bits per heavy atom. The summed E-state index contributed by atoms with van der Waals surface area (Å²) in [5.74, 6) is 0.225. The monoisotopic (exact) mass is 250 g/mol. The Hall–Kier alpha value is -2.01. The molecule has 0 aliphatic rings. The Morgan fingerprint density at radius 2 is 1.67 bits per heavy atom. The molecule has 0 fully saturated rings. The molecule has 0 radical (unpaired) electrons. The molecule has 0 spiro atoms. The number of aliphatic hydroxyl groups is 1. The molecule has 3 N–H and O–H groups in total. The van der Waals surface area contributed by atoms with Gasteiger partial charge in [0, 0.05) is 17.3 Å². The Morgan fingerprint density at radius 1 is 1.06 bits per heavy atom. The fourth-order valence-corrected chi connectivity index (χ4v) is 1.66. The summed E-state index contributed by atoms with van der Waals surface area (Å²) in [6.07, 6.45) is -1.96. The summed E-state index contributed by atoms with van der Waals surface area (Å²) in [6, 6.07) is 8.79. The van der Waals surface area contributed by atoms with Gasteiger partial charge in [-0.3, -0.25) is 0 Å². The van der Waals surface area contributed by atoms with E-state index >= 15 is 0 Å². The largest absolute Gasteiger partial charge is 0.384 e. The van der Waals surface area contributed by atoms with Gasteiger partial charge in [0.1, 0.15) is 11.9 Å². The van der Waals surface area contributed by atoms with E-state index in [1.807, 2.05) is 0 Å². The first-order valence-electron chi connectivity index (χ1n) is 5.36. The zero-order valence-corrected chi connectivity index (χ0v) is 9.42. The van der Waals surface area contributed by atoms with Crippen molar-refractivity contribution in [3.8, 4) is 0 Å². The van der Waals surface area contributed by atoms with Crippen molar-refractivity contribution in [1.82, 2.24) is 4.98 Å². The van der Waals surface area contributed by atoms with Crippen LogP contribution in [0.25, 0.3) is 0 Å². The molecule has 1 aromatic carbocycles. The van der Waals surface area contributed by atoms with Crippen LogP contribution in [0.5, 0.6) is 0 Å². The van der Waals surface area contributed by atoms with E-state index in [4.69, 9.17) is 5.73 Å². The molecule has 0 amide bonds. The van der Waals surface area contributed by atoms with Crippen LogP contribution < -0.4 is 5.73 Å². The van der Waals surface area contributed by atoms with Crippen molar-refractivity contribution >= 4 is 5.82 Å². The number of alkyl halides is 2. The SMILES string of the molecule is Nc1ncccc1C(O)c1ccc(C(F)F)cc1. The highest BCUT2D eigenvalue weighted by Gasteiger charge is 2.14. The Kier molecular flexibility index (Phi) is 3.53. The van der Waals surface area contributed by atoms with Crippen molar-refractivity contribution in [3.05, 3.63) is 59.3 Å². The van der Waals surface area contributed by atoms with E-state index in [9.17, 15) is 13.9 Å². The second kappa shape index (κ2) is 5.10. The van der Waals surface area contributed by atoms with Crippen molar-refractivity contribution < 1.29 is 13.9 Å². The Labute approximate surface area is 103 Å². The number of rotatable bonds is 3. The number of nitrogens with two attached hydrogens (primary N) is 1. The minimum Gasteiger partial charge on any atom is -0.384 e. The fourth-order valence-electron chi connectivity index (χ4n) is 1.66. The summed E-state index contributed by atoms with van der Waals surface area (Å²) < 4.78 is 24.8. The van der Waals surface area contributed by atoms with E-state index < -0.39 is 12.5 Å². The van der Waals surface area contributed by atoms with Crippen molar-refractivity contribution in [3.63, 3.8) is 0 Å². The van der Waals surface area contributed by atoms with Crippen molar-refractivity contribution in [2.75, 3.05) is 5.73 Å². The summed E-state index contributed by atoms with van der Waals surface area (Å²) in [5, 5.41) is 10.1. The number of pyridine rings is 1. The third-order valence-electron chi connectivity index (χ3n) is 2.67. The average Bonchev–Trinajstić information content (AvgIpc) is 2.38. The maximum atomic E-state index is 12.4. The second-order valence-electron chi connectivity index (χ2n) is 3.85. The molecule has 18 heavy (non-hydrogen) atoms. The van der Waals surface area contributed by atoms with E-state index in [0.29, 0.717) is 11.1 Å². The van der Waals surface area contributed by atoms with E-state index in [2.05, 4.69) is 4.98 Å². The van der Waals surface area contributed by atoms with E-state index in [1.165, 1.54) is 30.5 Å². The number of aliphatic hydroxyl groups excluding tert-OH is 1. The molecule has 1 heterocycles. The second-order valence-corrected chi connectivity index (χ2v) is 3.85. The molecule has 1 aromatic heterocycles. The van der Waals surface area contributed by atoms with Gasteiger partial charge in [0.25, 0.3) is 6.43 Å². The third kappa shape index (κ3) is 2.46. The predicted octanol–water partition coefficient (Wildman–Crippen LogP) is 2.68. The van der Waals surface area contributed by atoms with Crippen molar-refractivity contribution in [1.29, 1.82) is 0 Å². The lowest BCUT2D eigenvalue weighted by Crippen LogP contribution is -2.05. The van der Waals surface area contributed by atoms with Crippen molar-refractivity contribution in [2.45, 2.75) is 12.5 Å². The minimum absolute atomic E-state index is 0.0786. The first-order valence-corrected chi connectivity index (χ1v) is 5.36. The molecule has 2 rings (SSSR count). The summed E-state index contributed by atoms with van der Waals surface area (Å²) in [6.45, 7) is 0. The van der Waals surface area contributed by atoms with Crippen LogP contribution in [0.4, 0.5) is 14.6 Å². The highest BCUT2D eigenvalue weighted by atomic mass is 19.3. The van der Waals surface area contributed by atoms with Gasteiger partial charge in [0.05, 0.1) is 0 Å². The molecular formula is C13H12F2N2O. The van der Waals surface area contributed by atoms with E-state index in [0.717, 1.165) is 0 Å². The fraction of sp³-hybridized carbons (Fsp3) is 0.154. The Balaban J connectivity index is 2.29. The number of hydrogen-bond acceptors (Lipinski definition) is 3. The van der Waals surface area contributed by atoms with Gasteiger partial charge in [-0.05, 0) is 11.6 Å². The summed E-state index contributed by atoms with van der Waals surface area (Å²) in [5.41, 5.74) is 6.53. The molecule has 0 saturated heterocycles. The topological polar surface area (TPSA) is 59.1 Å². The quantitative estimate of drug-likeness (QED) is 0.880. The normalized spacial score (nSPS) is 12.7. The van der Waals surface area contributed by atoms with Crippen LogP contribution in [0.15, 0.2) is 42.6 Å². The number of benzene rings is 1. The van der Waals surface area contributed by atoms with E-state index in [1.54, 1.807) is 12.1 Å². The van der Waals surface area contributed by atoms with Gasteiger partial charge in [0.2, 0.25) is 0 Å². The molecule has 1 atom stereocenters. The van der Waals surface area contributed by atoms with Crippen LogP contribution in [-0.2, 0) is 0 Å². The average molecular weight is 250 g/mol. The molecule has 0 aliphatic carbocycles. The first-order chi connectivity index (χ1) is 8.59. The summed E-state index contributed by atoms with van der Waals surface area (Å²) >= 11 is 0. The molecule has 2 aromatic rings. The lowest BCUT2D eigenvalue weighted by atomic mass is 10.0. The third-order valence-corrected chi connectivity index (χ3v) is 2.67. The predicted molar refractivity (Wildman–Crippen MR) is 64.1 cm³/mol. The van der Waals surface area contributed by atoms with Gasteiger partial charge in [-0.25, -0.2) is 13.8 Å². The van der Waals surface area contributed by atoms with Crippen LogP contribution in [0, 0.1) is 0 Å². The number of anilines is 1. The minimum atomic E-state index is -2.51. The zero-order valence-electron chi connectivity index (χ0n) is 9.42. The van der Waals surface area contributed by atoms with E-state index in [-0.39, 0.29) is 11.4 Å². The highest BCUT2D eigenvalue weighted by Crippen LogP contribution is 2.27. The van der Waals surface area contributed by atoms with Crippen LogP contribution in [0.3, 0.4) is 0 Å². The number of nitrogens with zero attached hydrogens (tertiary/aromatic N) is 1. The van der Waals surface area contributed by atoms with Gasteiger partial charge in [-0.15, -0.1) is 0 Å². The molecule has 94 valence electrons. The molecular weight excluding hydrogens is 238 g/mol. The molecule has 5 heteroatoms. The summed E-state index contributed by atoms with van der Waals surface area (Å²) in [7, 11) is 0. The first kappa shape index (κ1) is 12.4. The number of hydrogen-bond donors (Lipinski definition) is 2. The Bertz CT molecular complexity index is 529. The van der Waals surface area contributed by atoms with Crippen LogP contribution in [-0.4, -0.2) is 10.1 Å². The van der Waals surface area contributed by atoms with Crippen LogP contribution in [0.2, 0.25) is 0 Å². The maximum Gasteiger partial charge on any atom is 0.263 e. The zero-order chi connectivity index (χ0) is 13.1. The lowest BCUT2D eigenvalue weighted by molar-refractivity contribution is 0.151. The molecule has 1 unspecified atom stereocenters. The van der Waals surface area contributed by atoms with Crippen LogP contribution in [0.1, 0.15) is 29.2 Å². The van der Waals surface area contributed by atoms with Crippen LogP contribution >= 0.6 is 0 Å². The number of aromatic nitrogens is 1. The molecule has 0 bridgehead atoms. The molecule has 0 saturated carbocycles. The van der Waals surface area contributed by atoms with Gasteiger partial charge in [-0.1, -0.05) is 30.3 Å². The lowest BCUT2D eigenvalue weighted by Gasteiger charge is -2.13. The highest BCUT2D eigenvalue weighted by molar-refractivity contribution is 5.44. The maximum absolute atomic E-state index is 12.4. The summed E-state index contributed by atoms with van der Waals surface area (Å²) in [4.78, 5) is 3.87. The standard InChI is InChI=1S/C13H12F2N2O/c14-12(15)9-5-3-8(4-6-9)11(18)10-2-1-7-17-13(10)16/h1-7,11-12,18H,(H2,16,17).